The lowest BCUT2D eigenvalue weighted by Crippen LogP contribution is -2.61. The van der Waals surface area contributed by atoms with E-state index >= 15 is 0 Å². The SMILES string of the molecule is CC(C)(C)CC(C)(C)NC(=O)C1CC[C@H]2[C@@H]3CCC4NC(=O)CC[C@]4(C)[C@@H]3CC[C@]12C. The monoisotopic (exact) mass is 430 g/mol. The molecule has 0 radical (unpaired) electrons. The summed E-state index contributed by atoms with van der Waals surface area (Å²) in [5.74, 6) is 2.76. The molecular formula is C27H46N2O2. The van der Waals surface area contributed by atoms with Gasteiger partial charge in [-0.3, -0.25) is 9.59 Å². The second-order valence-electron chi connectivity index (χ2n) is 13.9. The number of rotatable bonds is 3. The normalized spacial score (nSPS) is 42.8. The molecule has 4 heteroatoms. The molecule has 4 fully saturated rings. The van der Waals surface area contributed by atoms with E-state index in [2.05, 4.69) is 59.1 Å². The summed E-state index contributed by atoms with van der Waals surface area (Å²) in [5, 5.41) is 6.79. The van der Waals surface area contributed by atoms with E-state index in [9.17, 15) is 9.59 Å². The van der Waals surface area contributed by atoms with Gasteiger partial charge in [0, 0.05) is 23.9 Å². The first-order chi connectivity index (χ1) is 14.3. The Hall–Kier alpha value is -1.06. The van der Waals surface area contributed by atoms with Gasteiger partial charge in [-0.2, -0.15) is 0 Å². The number of piperidine rings is 1. The van der Waals surface area contributed by atoms with Crippen LogP contribution >= 0.6 is 0 Å². The van der Waals surface area contributed by atoms with Gasteiger partial charge < -0.3 is 10.6 Å². The molecule has 2 N–H and O–H groups in total. The Kier molecular flexibility index (Phi) is 5.58. The van der Waals surface area contributed by atoms with E-state index in [-0.39, 0.29) is 33.6 Å². The fraction of sp³-hybridized carbons (Fsp3) is 0.926. The predicted molar refractivity (Wildman–Crippen MR) is 125 cm³/mol. The molecule has 3 saturated carbocycles. The van der Waals surface area contributed by atoms with Gasteiger partial charge in [-0.1, -0.05) is 34.6 Å². The molecule has 0 spiro atoms. The summed E-state index contributed by atoms with van der Waals surface area (Å²) in [6.45, 7) is 16.0. The van der Waals surface area contributed by atoms with Gasteiger partial charge in [0.05, 0.1) is 0 Å². The molecule has 4 rings (SSSR count). The van der Waals surface area contributed by atoms with E-state index in [1.807, 2.05) is 0 Å². The van der Waals surface area contributed by atoms with Crippen molar-refractivity contribution in [3.05, 3.63) is 0 Å². The molecule has 1 aliphatic heterocycles. The zero-order chi connectivity index (χ0) is 22.8. The van der Waals surface area contributed by atoms with Crippen LogP contribution in [0.15, 0.2) is 0 Å². The van der Waals surface area contributed by atoms with Crippen molar-refractivity contribution in [1.29, 1.82) is 0 Å². The zero-order valence-electron chi connectivity index (χ0n) is 21.1. The Morgan fingerprint density at radius 3 is 2.32 bits per heavy atom. The average Bonchev–Trinajstić information content (AvgIpc) is 2.97. The van der Waals surface area contributed by atoms with Crippen molar-refractivity contribution in [3.8, 4) is 0 Å². The maximum Gasteiger partial charge on any atom is 0.224 e. The second-order valence-corrected chi connectivity index (χ2v) is 13.9. The van der Waals surface area contributed by atoms with E-state index < -0.39 is 0 Å². The molecule has 31 heavy (non-hydrogen) atoms. The van der Waals surface area contributed by atoms with Crippen LogP contribution in [0.25, 0.3) is 0 Å². The lowest BCUT2D eigenvalue weighted by molar-refractivity contribution is -0.142. The van der Waals surface area contributed by atoms with Crippen molar-refractivity contribution in [2.24, 2.45) is 39.9 Å². The van der Waals surface area contributed by atoms with Crippen LogP contribution < -0.4 is 10.6 Å². The minimum Gasteiger partial charge on any atom is -0.353 e. The lowest BCUT2D eigenvalue weighted by Gasteiger charge is -2.60. The fourth-order valence-electron chi connectivity index (χ4n) is 8.92. The molecule has 3 aliphatic carbocycles. The fourth-order valence-corrected chi connectivity index (χ4v) is 8.92. The second kappa shape index (κ2) is 7.48. The van der Waals surface area contributed by atoms with Crippen molar-refractivity contribution in [1.82, 2.24) is 10.6 Å². The molecule has 2 unspecified atom stereocenters. The summed E-state index contributed by atoms with van der Waals surface area (Å²) in [7, 11) is 0. The smallest absolute Gasteiger partial charge is 0.224 e. The van der Waals surface area contributed by atoms with Crippen molar-refractivity contribution < 1.29 is 9.59 Å². The van der Waals surface area contributed by atoms with Crippen molar-refractivity contribution >= 4 is 11.8 Å². The zero-order valence-corrected chi connectivity index (χ0v) is 21.1. The van der Waals surface area contributed by atoms with Gasteiger partial charge in [0.25, 0.3) is 0 Å². The number of fused-ring (bicyclic) bond motifs is 5. The minimum absolute atomic E-state index is 0.129. The Labute approximate surface area is 190 Å². The number of nitrogens with one attached hydrogen (secondary N) is 2. The average molecular weight is 431 g/mol. The molecule has 2 amide bonds. The highest BCUT2D eigenvalue weighted by molar-refractivity contribution is 5.80. The summed E-state index contributed by atoms with van der Waals surface area (Å²) in [5.41, 5.74) is 0.394. The maximum absolute atomic E-state index is 13.5. The molecule has 7 atom stereocenters. The van der Waals surface area contributed by atoms with E-state index in [1.165, 1.54) is 19.3 Å². The van der Waals surface area contributed by atoms with Gasteiger partial charge in [0.1, 0.15) is 0 Å². The van der Waals surface area contributed by atoms with Crippen molar-refractivity contribution in [2.75, 3.05) is 0 Å². The Morgan fingerprint density at radius 1 is 0.968 bits per heavy atom. The molecule has 0 aromatic heterocycles. The standard InChI is InChI=1S/C27H46N2O2/c1-24(2,3)16-25(4,5)29-23(31)20-10-9-18-17-8-11-21-27(7,15-13-22(30)28-21)19(17)12-14-26(18,20)6/h17-21H,8-16H2,1-7H3,(H,28,30)(H,29,31)/t17-,18-,19+,20?,21?,26-,27+/m0/s1. The third-order valence-corrected chi connectivity index (χ3v) is 9.85. The van der Waals surface area contributed by atoms with Gasteiger partial charge >= 0.3 is 0 Å². The third-order valence-electron chi connectivity index (χ3n) is 9.85. The topological polar surface area (TPSA) is 58.2 Å². The summed E-state index contributed by atoms with van der Waals surface area (Å²) < 4.78 is 0. The number of carbonyl (C=O) groups excluding carboxylic acids is 2. The van der Waals surface area contributed by atoms with Crippen LogP contribution in [0.5, 0.6) is 0 Å². The predicted octanol–water partition coefficient (Wildman–Crippen LogP) is 5.45. The molecule has 1 heterocycles. The van der Waals surface area contributed by atoms with Crippen LogP contribution in [0.2, 0.25) is 0 Å². The maximum atomic E-state index is 13.5. The van der Waals surface area contributed by atoms with Gasteiger partial charge in [0.2, 0.25) is 11.8 Å². The molecule has 1 saturated heterocycles. The Balaban J connectivity index is 1.49. The van der Waals surface area contributed by atoms with Gasteiger partial charge in [-0.25, -0.2) is 0 Å². The Bertz CT molecular complexity index is 738. The molecule has 0 bridgehead atoms. The van der Waals surface area contributed by atoms with Crippen LogP contribution in [0.1, 0.15) is 106 Å². The first-order valence-electron chi connectivity index (χ1n) is 12.9. The number of carbonyl (C=O) groups is 2. The van der Waals surface area contributed by atoms with E-state index in [4.69, 9.17) is 0 Å². The molecule has 4 nitrogen and oxygen atoms in total. The van der Waals surface area contributed by atoms with Crippen LogP contribution in [0.3, 0.4) is 0 Å². The number of amides is 2. The summed E-state index contributed by atoms with van der Waals surface area (Å²) in [6.07, 6.45) is 9.66. The molecule has 0 aromatic carbocycles. The summed E-state index contributed by atoms with van der Waals surface area (Å²) in [4.78, 5) is 25.6. The van der Waals surface area contributed by atoms with Crippen molar-refractivity contribution in [3.63, 3.8) is 0 Å². The molecule has 4 aliphatic rings. The number of hydrogen-bond donors (Lipinski definition) is 2. The van der Waals surface area contributed by atoms with E-state index in [1.54, 1.807) is 0 Å². The largest absolute Gasteiger partial charge is 0.353 e. The minimum atomic E-state index is -0.174. The first kappa shape index (κ1) is 23.1. The Morgan fingerprint density at radius 2 is 1.65 bits per heavy atom. The van der Waals surface area contributed by atoms with Crippen LogP contribution in [0, 0.1) is 39.9 Å². The van der Waals surface area contributed by atoms with Gasteiger partial charge in [-0.15, -0.1) is 0 Å². The summed E-state index contributed by atoms with van der Waals surface area (Å²) >= 11 is 0. The molecular weight excluding hydrogens is 384 g/mol. The highest BCUT2D eigenvalue weighted by Gasteiger charge is 2.61. The molecule has 0 aromatic rings. The highest BCUT2D eigenvalue weighted by atomic mass is 16.2. The van der Waals surface area contributed by atoms with Crippen molar-refractivity contribution in [2.45, 2.75) is 118 Å². The quantitative estimate of drug-likeness (QED) is 0.625. The van der Waals surface area contributed by atoms with Gasteiger partial charge in [-0.05, 0) is 99.2 Å². The van der Waals surface area contributed by atoms with E-state index in [0.717, 1.165) is 38.0 Å². The van der Waals surface area contributed by atoms with Crippen LogP contribution in [0.4, 0.5) is 0 Å². The lowest BCUT2D eigenvalue weighted by atomic mass is 9.47. The summed E-state index contributed by atoms with van der Waals surface area (Å²) in [6, 6.07) is 0.359. The van der Waals surface area contributed by atoms with Crippen LogP contribution in [-0.4, -0.2) is 23.4 Å². The van der Waals surface area contributed by atoms with Crippen LogP contribution in [-0.2, 0) is 9.59 Å². The number of hydrogen-bond acceptors (Lipinski definition) is 2. The highest BCUT2D eigenvalue weighted by Crippen LogP contribution is 2.65. The third kappa shape index (κ3) is 4.06. The molecule has 176 valence electrons. The first-order valence-corrected chi connectivity index (χ1v) is 12.9. The van der Waals surface area contributed by atoms with E-state index in [0.29, 0.717) is 30.2 Å². The van der Waals surface area contributed by atoms with Gasteiger partial charge in [0.15, 0.2) is 0 Å².